The highest BCUT2D eigenvalue weighted by Crippen LogP contribution is 2.44. The van der Waals surface area contributed by atoms with Crippen molar-refractivity contribution in [1.82, 2.24) is 0 Å². The highest BCUT2D eigenvalue weighted by Gasteiger charge is 2.47. The summed E-state index contributed by atoms with van der Waals surface area (Å²) in [6, 6.07) is 17.9. The number of carbonyl (C=O) groups excluding carboxylic acids is 2. The number of amides is 1. The van der Waals surface area contributed by atoms with E-state index in [-0.39, 0.29) is 32.7 Å². The first-order chi connectivity index (χ1) is 16.4. The fourth-order valence-electron chi connectivity index (χ4n) is 3.99. The first kappa shape index (κ1) is 23.7. The van der Waals surface area contributed by atoms with Gasteiger partial charge in [-0.05, 0) is 36.8 Å². The van der Waals surface area contributed by atoms with Crippen LogP contribution in [0.5, 0.6) is 11.5 Å². The van der Waals surface area contributed by atoms with E-state index in [0.717, 1.165) is 0 Å². The Labute approximate surface area is 206 Å². The number of Topliss-reactive ketones (excluding diaryl/α,β-unsaturated/α-hetero) is 1. The molecular weight excluding hydrogens is 477 g/mol. The maximum atomic E-state index is 13.3. The Bertz CT molecular complexity index is 1270. The number of anilines is 1. The molecule has 1 N–H and O–H groups in total. The van der Waals surface area contributed by atoms with Crippen molar-refractivity contribution in [2.24, 2.45) is 0 Å². The van der Waals surface area contributed by atoms with Gasteiger partial charge in [0, 0.05) is 17.3 Å². The van der Waals surface area contributed by atoms with E-state index in [1.54, 1.807) is 48.5 Å². The zero-order valence-corrected chi connectivity index (χ0v) is 19.9. The van der Waals surface area contributed by atoms with Crippen LogP contribution in [0, 0.1) is 0 Å². The third kappa shape index (κ3) is 4.22. The molecule has 1 unspecified atom stereocenters. The average molecular weight is 498 g/mol. The number of ether oxygens (including phenoxy) is 2. The number of hydrogen-bond donors (Lipinski definition) is 1. The fraction of sp³-hybridized carbons (Fsp3) is 0.154. The van der Waals surface area contributed by atoms with E-state index in [9.17, 15) is 14.7 Å². The van der Waals surface area contributed by atoms with Crippen LogP contribution < -0.4 is 14.4 Å². The smallest absolute Gasteiger partial charge is 0.300 e. The van der Waals surface area contributed by atoms with Gasteiger partial charge in [-0.2, -0.15) is 0 Å². The average Bonchev–Trinajstić information content (AvgIpc) is 3.10. The molecule has 0 saturated carbocycles. The van der Waals surface area contributed by atoms with E-state index in [2.05, 4.69) is 0 Å². The van der Waals surface area contributed by atoms with Gasteiger partial charge >= 0.3 is 0 Å². The third-order valence-electron chi connectivity index (χ3n) is 5.44. The molecule has 0 spiro atoms. The van der Waals surface area contributed by atoms with Gasteiger partial charge < -0.3 is 14.6 Å². The molecule has 34 heavy (non-hydrogen) atoms. The minimum atomic E-state index is -0.877. The second-order valence-electron chi connectivity index (χ2n) is 7.48. The molecule has 3 aromatic carbocycles. The lowest BCUT2D eigenvalue weighted by atomic mass is 9.95. The summed E-state index contributed by atoms with van der Waals surface area (Å²) < 4.78 is 10.7. The maximum absolute atomic E-state index is 13.3. The molecule has 174 valence electrons. The number of rotatable bonds is 6. The molecule has 8 heteroatoms. The predicted octanol–water partition coefficient (Wildman–Crippen LogP) is 6.03. The molecule has 1 aliphatic heterocycles. The van der Waals surface area contributed by atoms with Crippen LogP contribution in [0.3, 0.4) is 0 Å². The molecule has 3 aromatic rings. The molecule has 1 fully saturated rings. The second kappa shape index (κ2) is 9.79. The number of benzene rings is 3. The summed E-state index contributed by atoms with van der Waals surface area (Å²) in [7, 11) is 1.42. The Morgan fingerprint density at radius 2 is 1.68 bits per heavy atom. The summed E-state index contributed by atoms with van der Waals surface area (Å²) in [5, 5.41) is 11.6. The highest BCUT2D eigenvalue weighted by atomic mass is 35.5. The van der Waals surface area contributed by atoms with Gasteiger partial charge in [-0.15, -0.1) is 0 Å². The summed E-state index contributed by atoms with van der Waals surface area (Å²) in [5.74, 6) is -1.18. The van der Waals surface area contributed by atoms with Crippen LogP contribution in [-0.4, -0.2) is 30.5 Å². The summed E-state index contributed by atoms with van der Waals surface area (Å²) >= 11 is 12.5. The van der Waals surface area contributed by atoms with Crippen LogP contribution in [-0.2, 0) is 9.59 Å². The number of hydrogen-bond acceptors (Lipinski definition) is 5. The molecule has 6 nitrogen and oxygen atoms in total. The van der Waals surface area contributed by atoms with E-state index < -0.39 is 17.7 Å². The molecule has 1 heterocycles. The SMILES string of the molecule is CCOc1cccc(N2C(=O)C(=O)/C(=C(/O)c3cc(Cl)c(OC)c(Cl)c3)C2c2ccccc2)c1. The topological polar surface area (TPSA) is 76.1 Å². The number of ketones is 1. The van der Waals surface area contributed by atoms with Gasteiger partial charge in [-0.25, -0.2) is 0 Å². The number of aliphatic hydroxyl groups excluding tert-OH is 1. The molecular formula is C26H21Cl2NO5. The van der Waals surface area contributed by atoms with E-state index in [4.69, 9.17) is 32.7 Å². The van der Waals surface area contributed by atoms with Gasteiger partial charge in [0.15, 0.2) is 5.75 Å². The van der Waals surface area contributed by atoms with E-state index in [1.165, 1.54) is 24.1 Å². The number of halogens is 2. The van der Waals surface area contributed by atoms with Crippen molar-refractivity contribution >= 4 is 46.3 Å². The standard InChI is InChI=1S/C26H21Cl2NO5/c1-3-34-18-11-7-10-17(14-18)29-22(15-8-5-4-6-9-15)21(24(31)26(29)32)23(30)16-12-19(27)25(33-2)20(28)13-16/h4-14,22,30H,3H2,1-2H3/b23-21+. The van der Waals surface area contributed by atoms with Crippen molar-refractivity contribution in [1.29, 1.82) is 0 Å². The Kier molecular flexibility index (Phi) is 6.82. The van der Waals surface area contributed by atoms with Crippen LogP contribution in [0.1, 0.15) is 24.1 Å². The van der Waals surface area contributed by atoms with Crippen LogP contribution in [0.2, 0.25) is 10.0 Å². The number of carbonyl (C=O) groups is 2. The summed E-state index contributed by atoms with van der Waals surface area (Å²) in [4.78, 5) is 27.9. The molecule has 0 aliphatic carbocycles. The van der Waals surface area contributed by atoms with Gasteiger partial charge in [0.1, 0.15) is 11.5 Å². The van der Waals surface area contributed by atoms with E-state index in [1.807, 2.05) is 13.0 Å². The molecule has 1 aliphatic rings. The molecule has 0 radical (unpaired) electrons. The Morgan fingerprint density at radius 3 is 2.29 bits per heavy atom. The van der Waals surface area contributed by atoms with Crippen LogP contribution in [0.4, 0.5) is 5.69 Å². The van der Waals surface area contributed by atoms with Crippen molar-refractivity contribution < 1.29 is 24.2 Å². The molecule has 1 amide bonds. The van der Waals surface area contributed by atoms with E-state index >= 15 is 0 Å². The van der Waals surface area contributed by atoms with Crippen LogP contribution >= 0.6 is 23.2 Å². The molecule has 0 aromatic heterocycles. The molecule has 4 rings (SSSR count). The van der Waals surface area contributed by atoms with Crippen molar-refractivity contribution in [2.75, 3.05) is 18.6 Å². The fourth-order valence-corrected chi connectivity index (χ4v) is 4.63. The quantitative estimate of drug-likeness (QED) is 0.255. The van der Waals surface area contributed by atoms with Crippen LogP contribution in [0.15, 0.2) is 72.3 Å². The largest absolute Gasteiger partial charge is 0.507 e. The van der Waals surface area contributed by atoms with Crippen molar-refractivity contribution in [3.63, 3.8) is 0 Å². The molecule has 0 bridgehead atoms. The van der Waals surface area contributed by atoms with Gasteiger partial charge in [0.05, 0.1) is 35.4 Å². The van der Waals surface area contributed by atoms with Crippen LogP contribution in [0.25, 0.3) is 5.76 Å². The number of aliphatic hydroxyl groups is 1. The van der Waals surface area contributed by atoms with Gasteiger partial charge in [0.25, 0.3) is 11.7 Å². The first-order valence-corrected chi connectivity index (χ1v) is 11.2. The zero-order chi connectivity index (χ0) is 24.4. The minimum Gasteiger partial charge on any atom is -0.507 e. The summed E-state index contributed by atoms with van der Waals surface area (Å²) in [6.07, 6.45) is 0. The Morgan fingerprint density at radius 1 is 1.00 bits per heavy atom. The summed E-state index contributed by atoms with van der Waals surface area (Å²) in [5.41, 5.74) is 1.23. The van der Waals surface area contributed by atoms with Crippen molar-refractivity contribution in [3.8, 4) is 11.5 Å². The summed E-state index contributed by atoms with van der Waals surface area (Å²) in [6.45, 7) is 2.30. The maximum Gasteiger partial charge on any atom is 0.300 e. The minimum absolute atomic E-state index is 0.0738. The lowest BCUT2D eigenvalue weighted by Gasteiger charge is -2.25. The lowest BCUT2D eigenvalue weighted by molar-refractivity contribution is -0.132. The number of nitrogens with zero attached hydrogens (tertiary/aromatic N) is 1. The number of methoxy groups -OCH3 is 1. The second-order valence-corrected chi connectivity index (χ2v) is 8.30. The normalized spacial score (nSPS) is 17.2. The highest BCUT2D eigenvalue weighted by molar-refractivity contribution is 6.51. The predicted molar refractivity (Wildman–Crippen MR) is 132 cm³/mol. The van der Waals surface area contributed by atoms with Crippen molar-refractivity contribution in [2.45, 2.75) is 13.0 Å². The lowest BCUT2D eigenvalue weighted by Crippen LogP contribution is -2.29. The van der Waals surface area contributed by atoms with E-state index in [0.29, 0.717) is 23.6 Å². The Hall–Kier alpha value is -3.48. The molecule has 1 atom stereocenters. The third-order valence-corrected chi connectivity index (χ3v) is 6.00. The van der Waals surface area contributed by atoms with Gasteiger partial charge in [-0.1, -0.05) is 59.6 Å². The first-order valence-electron chi connectivity index (χ1n) is 10.5. The van der Waals surface area contributed by atoms with Crippen molar-refractivity contribution in [3.05, 3.63) is 93.5 Å². The monoisotopic (exact) mass is 497 g/mol. The van der Waals surface area contributed by atoms with Gasteiger partial charge in [-0.3, -0.25) is 14.5 Å². The zero-order valence-electron chi connectivity index (χ0n) is 18.4. The molecule has 1 saturated heterocycles. The Balaban J connectivity index is 1.93. The van der Waals surface area contributed by atoms with Gasteiger partial charge in [0.2, 0.25) is 0 Å².